The molecule has 0 saturated carbocycles. The lowest BCUT2D eigenvalue weighted by Gasteiger charge is -2.39. The Balaban J connectivity index is 1.57. The molecule has 0 aliphatic carbocycles. The molecule has 0 amide bonds. The lowest BCUT2D eigenvalue weighted by molar-refractivity contribution is 0.0114. The Morgan fingerprint density at radius 1 is 1.03 bits per heavy atom. The van der Waals surface area contributed by atoms with Crippen molar-refractivity contribution in [2.75, 3.05) is 32.2 Å². The van der Waals surface area contributed by atoms with Crippen LogP contribution in [0.3, 0.4) is 0 Å². The number of para-hydroxylation sites is 1. The van der Waals surface area contributed by atoms with Crippen LogP contribution in [0.4, 0.5) is 5.69 Å². The highest BCUT2D eigenvalue weighted by Crippen LogP contribution is 2.38. The molecular formula is C23H24ClN3O4. The number of aliphatic hydroxyl groups is 1. The summed E-state index contributed by atoms with van der Waals surface area (Å²) < 4.78 is 12.0. The second-order valence-corrected chi connectivity index (χ2v) is 7.89. The first-order chi connectivity index (χ1) is 14.9. The van der Waals surface area contributed by atoms with E-state index in [2.05, 4.69) is 5.10 Å². The summed E-state index contributed by atoms with van der Waals surface area (Å²) in [5, 5.41) is 15.7. The van der Waals surface area contributed by atoms with Gasteiger partial charge >= 0.3 is 0 Å². The molecule has 31 heavy (non-hydrogen) atoms. The van der Waals surface area contributed by atoms with Crippen LogP contribution >= 0.6 is 11.6 Å². The van der Waals surface area contributed by atoms with Crippen LogP contribution in [0.1, 0.15) is 18.4 Å². The molecular weight excluding hydrogens is 418 g/mol. The lowest BCUT2D eigenvalue weighted by atomic mass is 9.84. The highest BCUT2D eigenvalue weighted by Gasteiger charge is 2.35. The molecule has 0 bridgehead atoms. The summed E-state index contributed by atoms with van der Waals surface area (Å²) in [6.45, 7) is 1.04. The summed E-state index contributed by atoms with van der Waals surface area (Å²) in [6, 6.07) is 14.6. The van der Waals surface area contributed by atoms with Crippen molar-refractivity contribution in [3.8, 4) is 17.2 Å². The average molecular weight is 442 g/mol. The maximum absolute atomic E-state index is 12.8. The maximum Gasteiger partial charge on any atom is 0.292 e. The van der Waals surface area contributed by atoms with Crippen LogP contribution in [0.2, 0.25) is 5.02 Å². The number of aromatic nitrogens is 2. The predicted octanol–water partition coefficient (Wildman–Crippen LogP) is 3.39. The summed E-state index contributed by atoms with van der Waals surface area (Å²) in [7, 11) is 3.16. The first kappa shape index (κ1) is 21.2. The van der Waals surface area contributed by atoms with Crippen molar-refractivity contribution < 1.29 is 14.6 Å². The standard InChI is InChI=1S/C23H24ClN3O4/c1-30-18-12-16(13-19(14-18)31-2)23(29)8-10-26(11-9-23)20-15-25-27(22(28)21(20)24)17-6-4-3-5-7-17/h3-7,12-15,29H,8-11H2,1-2H3. The Hall–Kier alpha value is -3.03. The summed E-state index contributed by atoms with van der Waals surface area (Å²) >= 11 is 6.44. The van der Waals surface area contributed by atoms with Gasteiger partial charge in [0.25, 0.3) is 5.56 Å². The quantitative estimate of drug-likeness (QED) is 0.654. The maximum atomic E-state index is 12.8. The van der Waals surface area contributed by atoms with E-state index in [-0.39, 0.29) is 10.6 Å². The number of hydrogen-bond acceptors (Lipinski definition) is 6. The van der Waals surface area contributed by atoms with Gasteiger partial charge in [-0.1, -0.05) is 29.8 Å². The Morgan fingerprint density at radius 2 is 1.65 bits per heavy atom. The van der Waals surface area contributed by atoms with E-state index in [0.717, 1.165) is 5.56 Å². The SMILES string of the molecule is COc1cc(OC)cc(C2(O)CCN(c3cnn(-c4ccccc4)c(=O)c3Cl)CC2)c1. The van der Waals surface area contributed by atoms with Crippen LogP contribution < -0.4 is 19.9 Å². The minimum atomic E-state index is -1.03. The van der Waals surface area contributed by atoms with Crippen molar-refractivity contribution >= 4 is 17.3 Å². The van der Waals surface area contributed by atoms with Crippen LogP contribution in [0.15, 0.2) is 59.5 Å². The van der Waals surface area contributed by atoms with E-state index >= 15 is 0 Å². The second-order valence-electron chi connectivity index (χ2n) is 7.52. The zero-order valence-corrected chi connectivity index (χ0v) is 18.2. The number of anilines is 1. The third-order valence-electron chi connectivity index (χ3n) is 5.72. The van der Waals surface area contributed by atoms with Crippen LogP contribution in [-0.2, 0) is 5.60 Å². The zero-order valence-electron chi connectivity index (χ0n) is 17.4. The Kier molecular flexibility index (Phi) is 5.89. The van der Waals surface area contributed by atoms with Crippen LogP contribution in [0.25, 0.3) is 5.69 Å². The van der Waals surface area contributed by atoms with Gasteiger partial charge in [0.15, 0.2) is 0 Å². The number of rotatable bonds is 5. The molecule has 0 unspecified atom stereocenters. The van der Waals surface area contributed by atoms with E-state index in [1.54, 1.807) is 38.6 Å². The molecule has 3 aromatic rings. The minimum absolute atomic E-state index is 0.118. The summed E-state index contributed by atoms with van der Waals surface area (Å²) in [5.74, 6) is 1.25. The van der Waals surface area contributed by atoms with E-state index in [1.165, 1.54) is 4.68 Å². The number of ether oxygens (including phenoxy) is 2. The number of halogens is 1. The van der Waals surface area contributed by atoms with Crippen molar-refractivity contribution in [1.29, 1.82) is 0 Å². The highest BCUT2D eigenvalue weighted by molar-refractivity contribution is 6.33. The monoisotopic (exact) mass is 441 g/mol. The van der Waals surface area contributed by atoms with Crippen molar-refractivity contribution in [2.24, 2.45) is 0 Å². The molecule has 1 aromatic heterocycles. The van der Waals surface area contributed by atoms with Gasteiger partial charge in [0.05, 0.1) is 37.4 Å². The molecule has 1 fully saturated rings. The van der Waals surface area contributed by atoms with E-state index < -0.39 is 5.60 Å². The van der Waals surface area contributed by atoms with Crippen molar-refractivity contribution in [1.82, 2.24) is 9.78 Å². The molecule has 0 atom stereocenters. The normalized spacial score (nSPS) is 15.5. The summed E-state index contributed by atoms with van der Waals surface area (Å²) in [5.41, 5.74) is 0.568. The largest absolute Gasteiger partial charge is 0.497 e. The first-order valence-electron chi connectivity index (χ1n) is 9.99. The van der Waals surface area contributed by atoms with Crippen LogP contribution in [-0.4, -0.2) is 42.2 Å². The number of hydrogen-bond donors (Lipinski definition) is 1. The molecule has 0 spiro atoms. The molecule has 2 aromatic carbocycles. The fourth-order valence-electron chi connectivity index (χ4n) is 3.88. The molecule has 1 N–H and O–H groups in total. The third-order valence-corrected chi connectivity index (χ3v) is 6.08. The molecule has 2 heterocycles. The minimum Gasteiger partial charge on any atom is -0.497 e. The molecule has 1 saturated heterocycles. The lowest BCUT2D eigenvalue weighted by Crippen LogP contribution is -2.43. The van der Waals surface area contributed by atoms with Gasteiger partial charge in [-0.15, -0.1) is 0 Å². The van der Waals surface area contributed by atoms with Gasteiger partial charge in [0.2, 0.25) is 0 Å². The van der Waals surface area contributed by atoms with Gasteiger partial charge in [0.1, 0.15) is 16.5 Å². The average Bonchev–Trinajstić information content (AvgIpc) is 2.81. The molecule has 8 heteroatoms. The predicted molar refractivity (Wildman–Crippen MR) is 120 cm³/mol. The first-order valence-corrected chi connectivity index (χ1v) is 10.4. The van der Waals surface area contributed by atoms with E-state index in [9.17, 15) is 9.90 Å². The van der Waals surface area contributed by atoms with Gasteiger partial charge in [-0.25, -0.2) is 0 Å². The highest BCUT2D eigenvalue weighted by atomic mass is 35.5. The number of methoxy groups -OCH3 is 2. The zero-order chi connectivity index (χ0) is 22.0. The number of benzene rings is 2. The Morgan fingerprint density at radius 3 is 2.23 bits per heavy atom. The van der Waals surface area contributed by atoms with Gasteiger partial charge in [0, 0.05) is 19.2 Å². The van der Waals surface area contributed by atoms with Crippen molar-refractivity contribution in [2.45, 2.75) is 18.4 Å². The van der Waals surface area contributed by atoms with E-state index in [0.29, 0.717) is 48.8 Å². The summed E-state index contributed by atoms with van der Waals surface area (Å²) in [4.78, 5) is 14.8. The van der Waals surface area contributed by atoms with E-state index in [4.69, 9.17) is 21.1 Å². The fourth-order valence-corrected chi connectivity index (χ4v) is 4.13. The number of piperidine rings is 1. The fraction of sp³-hybridized carbons (Fsp3) is 0.304. The van der Waals surface area contributed by atoms with Gasteiger partial charge < -0.3 is 19.5 Å². The Labute approximate surface area is 185 Å². The van der Waals surface area contributed by atoms with Crippen molar-refractivity contribution in [3.63, 3.8) is 0 Å². The topological polar surface area (TPSA) is 76.8 Å². The smallest absolute Gasteiger partial charge is 0.292 e. The molecule has 1 aliphatic heterocycles. The molecule has 7 nitrogen and oxygen atoms in total. The van der Waals surface area contributed by atoms with Gasteiger partial charge in [-0.3, -0.25) is 4.79 Å². The van der Waals surface area contributed by atoms with Crippen LogP contribution in [0.5, 0.6) is 11.5 Å². The molecule has 0 radical (unpaired) electrons. The number of nitrogens with zero attached hydrogens (tertiary/aromatic N) is 3. The molecule has 4 rings (SSSR count). The molecule has 1 aliphatic rings. The van der Waals surface area contributed by atoms with E-state index in [1.807, 2.05) is 35.2 Å². The van der Waals surface area contributed by atoms with Gasteiger partial charge in [-0.05, 0) is 42.7 Å². The molecule has 162 valence electrons. The van der Waals surface area contributed by atoms with Crippen LogP contribution in [0, 0.1) is 0 Å². The van der Waals surface area contributed by atoms with Crippen molar-refractivity contribution in [3.05, 3.63) is 75.7 Å². The third kappa shape index (κ3) is 4.11. The summed E-state index contributed by atoms with van der Waals surface area (Å²) in [6.07, 6.45) is 2.53. The van der Waals surface area contributed by atoms with Gasteiger partial charge in [-0.2, -0.15) is 9.78 Å². The Bertz CT molecular complexity index is 1100. The second kappa shape index (κ2) is 8.61.